The van der Waals surface area contributed by atoms with E-state index in [2.05, 4.69) is 69.0 Å². The zero-order chi connectivity index (χ0) is 25.0. The fraction of sp³-hybridized carbons (Fsp3) is 0.194. The first kappa shape index (κ1) is 25.1. The molecule has 0 aliphatic carbocycles. The van der Waals surface area contributed by atoms with Gasteiger partial charge in [0.25, 0.3) is 0 Å². The number of nitrogens with zero attached hydrogens (tertiary/aromatic N) is 4. The monoisotopic (exact) mass is 666 g/mol. The summed E-state index contributed by atoms with van der Waals surface area (Å²) in [5.74, 6) is 1.39. The summed E-state index contributed by atoms with van der Waals surface area (Å²) in [6.07, 6.45) is 3.73. The minimum atomic E-state index is -0.317. The van der Waals surface area contributed by atoms with E-state index in [0.29, 0.717) is 11.4 Å². The van der Waals surface area contributed by atoms with Crippen LogP contribution in [-0.2, 0) is 26.5 Å². The Hall–Kier alpha value is -3.56. The van der Waals surface area contributed by atoms with Crippen molar-refractivity contribution >= 4 is 28.1 Å². The molecule has 0 bridgehead atoms. The van der Waals surface area contributed by atoms with Crippen molar-refractivity contribution in [3.8, 4) is 17.0 Å². The average molecular weight is 667 g/mol. The number of hydrogen-bond donors (Lipinski definition) is 1. The number of phenols is 1. The number of phenolic OH excluding ortho intramolecular Hbond substituents is 1. The van der Waals surface area contributed by atoms with Crippen LogP contribution >= 0.6 is 0 Å². The number of aromatic hydroxyl groups is 1. The number of benzene rings is 2. The molecule has 0 fully saturated rings. The van der Waals surface area contributed by atoms with E-state index in [1.165, 1.54) is 5.56 Å². The van der Waals surface area contributed by atoms with Gasteiger partial charge >= 0.3 is 0 Å². The molecule has 0 saturated heterocycles. The second-order valence-corrected chi connectivity index (χ2v) is 10.1. The van der Waals surface area contributed by atoms with E-state index in [0.717, 1.165) is 45.1 Å². The molecule has 1 aliphatic heterocycles. The standard InChI is InChI=1S/C31H27N4O.Pt/c1-19(2)21-14-16-32-28(18-21)35-25-8-6-15-33-30(25)31(3,4)23-12-10-22(17-26(23)35)24-13-11-20-7-5-9-27(36)29(20)34-24;/h5-16,18-19,36H,1-4H3;/q-1;. The fourth-order valence-electron chi connectivity index (χ4n) is 5.05. The van der Waals surface area contributed by atoms with Gasteiger partial charge in [-0.15, -0.1) is 23.8 Å². The summed E-state index contributed by atoms with van der Waals surface area (Å²) in [5.41, 5.74) is 7.16. The molecule has 6 heteroatoms. The summed E-state index contributed by atoms with van der Waals surface area (Å²) in [6.45, 7) is 8.78. The van der Waals surface area contributed by atoms with Gasteiger partial charge in [0.1, 0.15) is 17.1 Å². The van der Waals surface area contributed by atoms with Crippen molar-refractivity contribution < 1.29 is 26.2 Å². The number of pyridine rings is 3. The molecule has 6 rings (SSSR count). The Morgan fingerprint density at radius 2 is 1.76 bits per heavy atom. The van der Waals surface area contributed by atoms with Gasteiger partial charge in [0.2, 0.25) is 0 Å². The maximum atomic E-state index is 10.4. The quantitative estimate of drug-likeness (QED) is 0.203. The molecular weight excluding hydrogens is 639 g/mol. The van der Waals surface area contributed by atoms with Crippen LogP contribution in [0.25, 0.3) is 22.2 Å². The van der Waals surface area contributed by atoms with Gasteiger partial charge in [-0.3, -0.25) is 9.97 Å². The topological polar surface area (TPSA) is 62.1 Å². The zero-order valence-electron chi connectivity index (χ0n) is 21.1. The first-order chi connectivity index (χ1) is 17.3. The van der Waals surface area contributed by atoms with Gasteiger partial charge in [0, 0.05) is 44.3 Å². The predicted molar refractivity (Wildman–Crippen MR) is 144 cm³/mol. The summed E-state index contributed by atoms with van der Waals surface area (Å²) in [6, 6.07) is 25.6. The van der Waals surface area contributed by atoms with E-state index in [9.17, 15) is 5.11 Å². The van der Waals surface area contributed by atoms with Crippen LogP contribution in [0.2, 0.25) is 0 Å². The Bertz CT molecular complexity index is 1630. The van der Waals surface area contributed by atoms with Crippen molar-refractivity contribution in [3.63, 3.8) is 0 Å². The second-order valence-electron chi connectivity index (χ2n) is 10.1. The SMILES string of the molecule is CC(C)c1ccnc(N2c3[c-]c(-c4ccc5cccc(O)c5n4)ccc3C(C)(C)c3ncccc32)c1.[Pt]. The van der Waals surface area contributed by atoms with Gasteiger partial charge in [-0.1, -0.05) is 57.5 Å². The number of anilines is 3. The molecule has 1 aliphatic rings. The summed E-state index contributed by atoms with van der Waals surface area (Å²) < 4.78 is 0. The number of fused-ring (bicyclic) bond motifs is 3. The molecule has 0 saturated carbocycles. The summed E-state index contributed by atoms with van der Waals surface area (Å²) in [5, 5.41) is 11.3. The summed E-state index contributed by atoms with van der Waals surface area (Å²) in [7, 11) is 0. The van der Waals surface area contributed by atoms with Crippen molar-refractivity contribution in [1.29, 1.82) is 0 Å². The predicted octanol–water partition coefficient (Wildman–Crippen LogP) is 7.43. The molecule has 0 atom stereocenters. The third-order valence-electron chi connectivity index (χ3n) is 7.08. The Balaban J connectivity index is 0.00000280. The van der Waals surface area contributed by atoms with Gasteiger partial charge in [-0.25, -0.2) is 4.98 Å². The van der Waals surface area contributed by atoms with E-state index in [-0.39, 0.29) is 32.2 Å². The Labute approximate surface area is 231 Å². The molecule has 37 heavy (non-hydrogen) atoms. The summed E-state index contributed by atoms with van der Waals surface area (Å²) >= 11 is 0. The third-order valence-corrected chi connectivity index (χ3v) is 7.08. The van der Waals surface area contributed by atoms with E-state index in [1.54, 1.807) is 6.07 Å². The second kappa shape index (κ2) is 9.39. The van der Waals surface area contributed by atoms with E-state index in [1.807, 2.05) is 42.7 Å². The van der Waals surface area contributed by atoms with Gasteiger partial charge in [0.05, 0.1) is 11.4 Å². The molecule has 1 N–H and O–H groups in total. The van der Waals surface area contributed by atoms with Crippen molar-refractivity contribution in [2.24, 2.45) is 0 Å². The number of aromatic nitrogens is 3. The van der Waals surface area contributed by atoms with Crippen LogP contribution in [0.15, 0.2) is 79.1 Å². The van der Waals surface area contributed by atoms with Gasteiger partial charge < -0.3 is 10.0 Å². The number of hydrogen-bond acceptors (Lipinski definition) is 5. The molecule has 188 valence electrons. The molecule has 4 heterocycles. The zero-order valence-corrected chi connectivity index (χ0v) is 23.4. The van der Waals surface area contributed by atoms with Crippen LogP contribution in [-0.4, -0.2) is 20.1 Å². The van der Waals surface area contributed by atoms with E-state index in [4.69, 9.17) is 15.0 Å². The van der Waals surface area contributed by atoms with E-state index < -0.39 is 0 Å². The van der Waals surface area contributed by atoms with Gasteiger partial charge in [-0.2, -0.15) is 0 Å². The molecule has 0 unspecified atom stereocenters. The van der Waals surface area contributed by atoms with Crippen molar-refractivity contribution in [3.05, 3.63) is 102 Å². The number of rotatable bonds is 3. The molecule has 5 aromatic rings. The minimum Gasteiger partial charge on any atom is -0.506 e. The van der Waals surface area contributed by atoms with Crippen LogP contribution in [0.5, 0.6) is 5.75 Å². The first-order valence-corrected chi connectivity index (χ1v) is 12.2. The third kappa shape index (κ3) is 4.12. The number of para-hydroxylation sites is 1. The van der Waals surface area contributed by atoms with E-state index >= 15 is 0 Å². The molecule has 0 radical (unpaired) electrons. The minimum absolute atomic E-state index is 0. The Morgan fingerprint density at radius 1 is 0.919 bits per heavy atom. The van der Waals surface area contributed by atoms with Gasteiger partial charge in [0.15, 0.2) is 0 Å². The molecule has 5 nitrogen and oxygen atoms in total. The van der Waals surface area contributed by atoms with Crippen LogP contribution in [0.1, 0.15) is 50.4 Å². The average Bonchev–Trinajstić information content (AvgIpc) is 2.89. The van der Waals surface area contributed by atoms with Crippen molar-refractivity contribution in [1.82, 2.24) is 15.0 Å². The fourth-order valence-corrected chi connectivity index (χ4v) is 5.05. The molecule has 2 aromatic carbocycles. The molecule has 3 aromatic heterocycles. The normalized spacial score (nSPS) is 13.7. The molecular formula is C31H27N4OPt-. The van der Waals surface area contributed by atoms with Crippen LogP contribution in [0.4, 0.5) is 17.2 Å². The maximum absolute atomic E-state index is 10.4. The van der Waals surface area contributed by atoms with Crippen molar-refractivity contribution in [2.75, 3.05) is 4.90 Å². The van der Waals surface area contributed by atoms with Gasteiger partial charge in [-0.05, 0) is 53.2 Å². The Morgan fingerprint density at radius 3 is 2.57 bits per heavy atom. The summed E-state index contributed by atoms with van der Waals surface area (Å²) in [4.78, 5) is 16.5. The van der Waals surface area contributed by atoms with Crippen LogP contribution in [0.3, 0.4) is 0 Å². The molecule has 0 amide bonds. The Kier molecular flexibility index (Phi) is 6.37. The smallest absolute Gasteiger partial charge is 0.140 e. The van der Waals surface area contributed by atoms with Crippen LogP contribution < -0.4 is 4.90 Å². The van der Waals surface area contributed by atoms with Crippen molar-refractivity contribution in [2.45, 2.75) is 39.0 Å². The first-order valence-electron chi connectivity index (χ1n) is 12.2. The van der Waals surface area contributed by atoms with Crippen LogP contribution in [0, 0.1) is 6.07 Å². The molecule has 0 spiro atoms. The maximum Gasteiger partial charge on any atom is 0.140 e. The largest absolute Gasteiger partial charge is 0.506 e.